The van der Waals surface area contributed by atoms with Crippen molar-refractivity contribution >= 4 is 0 Å². The SMILES string of the molecule is CN1CCCC(CCN)CC1. The summed E-state index contributed by atoms with van der Waals surface area (Å²) in [4.78, 5) is 2.43. The molecule has 0 radical (unpaired) electrons. The topological polar surface area (TPSA) is 29.3 Å². The molecule has 0 amide bonds. The Balaban J connectivity index is 2.22. The minimum Gasteiger partial charge on any atom is -0.330 e. The predicted molar refractivity (Wildman–Crippen MR) is 48.5 cm³/mol. The molecule has 0 aromatic heterocycles. The van der Waals surface area contributed by atoms with Gasteiger partial charge in [0.15, 0.2) is 0 Å². The lowest BCUT2D eigenvalue weighted by atomic mass is 9.97. The molecule has 1 aliphatic heterocycles. The number of nitrogens with two attached hydrogens (primary N) is 1. The summed E-state index contributed by atoms with van der Waals surface area (Å²) in [6.07, 6.45) is 5.34. The summed E-state index contributed by atoms with van der Waals surface area (Å²) in [7, 11) is 2.21. The lowest BCUT2D eigenvalue weighted by Gasteiger charge is -2.13. The van der Waals surface area contributed by atoms with Gasteiger partial charge in [0.25, 0.3) is 0 Å². The monoisotopic (exact) mass is 156 g/mol. The average Bonchev–Trinajstić information content (AvgIpc) is 2.17. The summed E-state index contributed by atoms with van der Waals surface area (Å²) >= 11 is 0. The third kappa shape index (κ3) is 3.21. The fraction of sp³-hybridized carbons (Fsp3) is 1.00. The first-order valence-corrected chi connectivity index (χ1v) is 4.71. The van der Waals surface area contributed by atoms with Gasteiger partial charge in [-0.2, -0.15) is 0 Å². The zero-order valence-corrected chi connectivity index (χ0v) is 7.55. The summed E-state index contributed by atoms with van der Waals surface area (Å²) in [5, 5.41) is 0. The van der Waals surface area contributed by atoms with Crippen LogP contribution in [0.5, 0.6) is 0 Å². The van der Waals surface area contributed by atoms with E-state index in [9.17, 15) is 0 Å². The van der Waals surface area contributed by atoms with E-state index in [1.54, 1.807) is 0 Å². The van der Waals surface area contributed by atoms with Gasteiger partial charge in [0, 0.05) is 0 Å². The van der Waals surface area contributed by atoms with Crippen molar-refractivity contribution in [3.05, 3.63) is 0 Å². The minimum atomic E-state index is 0.869. The third-order valence-electron chi connectivity index (χ3n) is 2.65. The van der Waals surface area contributed by atoms with Crippen LogP contribution in [0, 0.1) is 5.92 Å². The molecule has 2 N–H and O–H groups in total. The molecule has 0 spiro atoms. The molecule has 1 fully saturated rings. The average molecular weight is 156 g/mol. The maximum atomic E-state index is 5.53. The van der Waals surface area contributed by atoms with Crippen molar-refractivity contribution < 1.29 is 0 Å². The van der Waals surface area contributed by atoms with E-state index >= 15 is 0 Å². The Bertz CT molecular complexity index is 104. The highest BCUT2D eigenvalue weighted by atomic mass is 15.1. The first-order valence-electron chi connectivity index (χ1n) is 4.71. The van der Waals surface area contributed by atoms with Crippen LogP contribution in [0.4, 0.5) is 0 Å². The van der Waals surface area contributed by atoms with Crippen molar-refractivity contribution in [2.75, 3.05) is 26.7 Å². The van der Waals surface area contributed by atoms with Gasteiger partial charge < -0.3 is 10.6 Å². The molecule has 0 aromatic carbocycles. The fourth-order valence-corrected chi connectivity index (χ4v) is 1.83. The molecule has 11 heavy (non-hydrogen) atoms. The Labute approximate surface area is 69.8 Å². The van der Waals surface area contributed by atoms with Gasteiger partial charge in [-0.3, -0.25) is 0 Å². The summed E-state index contributed by atoms with van der Waals surface area (Å²) in [5.41, 5.74) is 5.53. The number of hydrogen-bond acceptors (Lipinski definition) is 2. The number of hydrogen-bond donors (Lipinski definition) is 1. The molecular weight excluding hydrogens is 136 g/mol. The molecule has 0 bridgehead atoms. The molecule has 1 heterocycles. The van der Waals surface area contributed by atoms with Crippen LogP contribution < -0.4 is 5.73 Å². The van der Waals surface area contributed by atoms with Crippen LogP contribution in [0.2, 0.25) is 0 Å². The Morgan fingerprint density at radius 2 is 2.18 bits per heavy atom. The van der Waals surface area contributed by atoms with Crippen LogP contribution in [-0.4, -0.2) is 31.6 Å². The van der Waals surface area contributed by atoms with Gasteiger partial charge in [0.1, 0.15) is 0 Å². The van der Waals surface area contributed by atoms with Crippen LogP contribution in [0.3, 0.4) is 0 Å². The predicted octanol–water partition coefficient (Wildman–Crippen LogP) is 1.07. The molecule has 2 heteroatoms. The molecule has 66 valence electrons. The molecule has 1 unspecified atom stereocenters. The summed E-state index contributed by atoms with van der Waals surface area (Å²) in [5.74, 6) is 0.907. The van der Waals surface area contributed by atoms with Crippen LogP contribution >= 0.6 is 0 Å². The second-order valence-corrected chi connectivity index (χ2v) is 3.68. The standard InChI is InChI=1S/C9H20N2/c1-11-7-2-3-9(4-6-10)5-8-11/h9H,2-8,10H2,1H3. The molecular formula is C9H20N2. The van der Waals surface area contributed by atoms with Gasteiger partial charge in [-0.15, -0.1) is 0 Å². The first kappa shape index (κ1) is 9.01. The zero-order chi connectivity index (χ0) is 8.10. The second-order valence-electron chi connectivity index (χ2n) is 3.68. The van der Waals surface area contributed by atoms with Gasteiger partial charge in [-0.1, -0.05) is 0 Å². The van der Waals surface area contributed by atoms with E-state index in [4.69, 9.17) is 5.73 Å². The highest BCUT2D eigenvalue weighted by Crippen LogP contribution is 2.18. The normalized spacial score (nSPS) is 28.4. The molecule has 0 aliphatic carbocycles. The smallest absolute Gasteiger partial charge is 0.00191 e. The van der Waals surface area contributed by atoms with E-state index in [-0.39, 0.29) is 0 Å². The van der Waals surface area contributed by atoms with E-state index in [1.165, 1.54) is 38.8 Å². The fourth-order valence-electron chi connectivity index (χ4n) is 1.83. The maximum absolute atomic E-state index is 5.53. The number of likely N-dealkylation sites (tertiary alicyclic amines) is 1. The lowest BCUT2D eigenvalue weighted by molar-refractivity contribution is 0.339. The third-order valence-corrected chi connectivity index (χ3v) is 2.65. The van der Waals surface area contributed by atoms with Crippen molar-refractivity contribution in [2.24, 2.45) is 11.7 Å². The quantitative estimate of drug-likeness (QED) is 0.648. The summed E-state index contributed by atoms with van der Waals surface area (Å²) < 4.78 is 0. The zero-order valence-electron chi connectivity index (χ0n) is 7.55. The van der Waals surface area contributed by atoms with Crippen LogP contribution in [0.1, 0.15) is 25.7 Å². The second kappa shape index (κ2) is 4.73. The molecule has 0 saturated carbocycles. The Morgan fingerprint density at radius 3 is 2.91 bits per heavy atom. The minimum absolute atomic E-state index is 0.869. The Morgan fingerprint density at radius 1 is 1.36 bits per heavy atom. The van der Waals surface area contributed by atoms with Crippen molar-refractivity contribution in [1.82, 2.24) is 4.90 Å². The largest absolute Gasteiger partial charge is 0.330 e. The van der Waals surface area contributed by atoms with Gasteiger partial charge in [-0.25, -0.2) is 0 Å². The van der Waals surface area contributed by atoms with Gasteiger partial charge in [-0.05, 0) is 58.3 Å². The Hall–Kier alpha value is -0.0800. The maximum Gasteiger partial charge on any atom is -0.00191 e. The van der Waals surface area contributed by atoms with E-state index in [1.807, 2.05) is 0 Å². The highest BCUT2D eigenvalue weighted by Gasteiger charge is 2.13. The lowest BCUT2D eigenvalue weighted by Crippen LogP contribution is -2.19. The summed E-state index contributed by atoms with van der Waals surface area (Å²) in [6, 6.07) is 0. The number of rotatable bonds is 2. The van der Waals surface area contributed by atoms with E-state index in [0.29, 0.717) is 0 Å². The van der Waals surface area contributed by atoms with Crippen LogP contribution in [0.15, 0.2) is 0 Å². The van der Waals surface area contributed by atoms with Crippen molar-refractivity contribution in [1.29, 1.82) is 0 Å². The molecule has 1 aliphatic rings. The van der Waals surface area contributed by atoms with Gasteiger partial charge in [0.05, 0.1) is 0 Å². The van der Waals surface area contributed by atoms with Gasteiger partial charge in [0.2, 0.25) is 0 Å². The highest BCUT2D eigenvalue weighted by molar-refractivity contribution is 4.67. The van der Waals surface area contributed by atoms with Crippen molar-refractivity contribution in [3.8, 4) is 0 Å². The van der Waals surface area contributed by atoms with E-state index in [0.717, 1.165) is 12.5 Å². The van der Waals surface area contributed by atoms with Gasteiger partial charge >= 0.3 is 0 Å². The van der Waals surface area contributed by atoms with Crippen LogP contribution in [-0.2, 0) is 0 Å². The van der Waals surface area contributed by atoms with E-state index < -0.39 is 0 Å². The first-order chi connectivity index (χ1) is 5.33. The number of nitrogens with zero attached hydrogens (tertiary/aromatic N) is 1. The van der Waals surface area contributed by atoms with E-state index in [2.05, 4.69) is 11.9 Å². The molecule has 1 saturated heterocycles. The molecule has 0 aromatic rings. The summed E-state index contributed by atoms with van der Waals surface area (Å²) in [6.45, 7) is 3.42. The van der Waals surface area contributed by atoms with Crippen molar-refractivity contribution in [2.45, 2.75) is 25.7 Å². The molecule has 2 nitrogen and oxygen atoms in total. The van der Waals surface area contributed by atoms with Crippen molar-refractivity contribution in [3.63, 3.8) is 0 Å². The Kier molecular flexibility index (Phi) is 3.87. The molecule has 1 rings (SSSR count). The molecule has 1 atom stereocenters. The van der Waals surface area contributed by atoms with Crippen LogP contribution in [0.25, 0.3) is 0 Å².